The van der Waals surface area contributed by atoms with Gasteiger partial charge < -0.3 is 10.0 Å². The summed E-state index contributed by atoms with van der Waals surface area (Å²) >= 11 is 0. The third-order valence-electron chi connectivity index (χ3n) is 3.71. The molecule has 3 unspecified atom stereocenters. The number of hydrogen-bond acceptors (Lipinski definition) is 2. The van der Waals surface area contributed by atoms with Crippen LogP contribution < -0.4 is 0 Å². The second kappa shape index (κ2) is 6.57. The van der Waals surface area contributed by atoms with Crippen molar-refractivity contribution in [1.29, 1.82) is 0 Å². The molecule has 1 saturated carbocycles. The molecule has 1 aliphatic rings. The van der Waals surface area contributed by atoms with Crippen molar-refractivity contribution < 1.29 is 14.7 Å². The summed E-state index contributed by atoms with van der Waals surface area (Å²) in [5.41, 5.74) is 0. The van der Waals surface area contributed by atoms with Crippen LogP contribution in [-0.4, -0.2) is 35.5 Å². The van der Waals surface area contributed by atoms with Gasteiger partial charge in [-0.2, -0.15) is 0 Å². The summed E-state index contributed by atoms with van der Waals surface area (Å²) in [6.45, 7) is 6.33. The lowest BCUT2D eigenvalue weighted by Crippen LogP contribution is -2.37. The Kier molecular flexibility index (Phi) is 5.38. The minimum Gasteiger partial charge on any atom is -0.481 e. The van der Waals surface area contributed by atoms with Gasteiger partial charge >= 0.3 is 5.97 Å². The molecule has 0 radical (unpaired) electrons. The number of rotatable bonds is 6. The van der Waals surface area contributed by atoms with Crippen LogP contribution in [0.15, 0.2) is 12.7 Å². The second-order valence-electron chi connectivity index (χ2n) is 5.32. The van der Waals surface area contributed by atoms with Gasteiger partial charge in [0.25, 0.3) is 0 Å². The predicted molar refractivity (Wildman–Crippen MR) is 70.1 cm³/mol. The summed E-state index contributed by atoms with van der Waals surface area (Å²) in [6, 6.07) is 0. The smallest absolute Gasteiger partial charge is 0.307 e. The third-order valence-corrected chi connectivity index (χ3v) is 3.71. The van der Waals surface area contributed by atoms with Crippen molar-refractivity contribution in [2.24, 2.45) is 17.8 Å². The van der Waals surface area contributed by atoms with Crippen LogP contribution in [0.2, 0.25) is 0 Å². The van der Waals surface area contributed by atoms with E-state index < -0.39 is 11.9 Å². The highest BCUT2D eigenvalue weighted by molar-refractivity contribution is 5.85. The minimum absolute atomic E-state index is 0.0178. The number of nitrogens with zero attached hydrogens (tertiary/aromatic N) is 1. The van der Waals surface area contributed by atoms with E-state index in [1.807, 2.05) is 13.0 Å². The molecule has 18 heavy (non-hydrogen) atoms. The van der Waals surface area contributed by atoms with E-state index in [2.05, 4.69) is 6.58 Å². The summed E-state index contributed by atoms with van der Waals surface area (Å²) in [7, 11) is 1.76. The SMILES string of the molecule is C=CCCCN(C)C(=O)C1CC(C)CC1C(=O)O. The number of carboxylic acid groups (broad SMARTS) is 1. The molecule has 0 aliphatic heterocycles. The quantitative estimate of drug-likeness (QED) is 0.583. The lowest BCUT2D eigenvalue weighted by atomic mass is 9.95. The summed E-state index contributed by atoms with van der Waals surface area (Å²) in [5, 5.41) is 9.16. The first-order chi connectivity index (χ1) is 8.47. The van der Waals surface area contributed by atoms with Gasteiger partial charge in [0.2, 0.25) is 5.91 Å². The number of carbonyl (C=O) groups excluding carboxylic acids is 1. The second-order valence-corrected chi connectivity index (χ2v) is 5.32. The van der Waals surface area contributed by atoms with Crippen molar-refractivity contribution in [3.8, 4) is 0 Å². The molecule has 1 N–H and O–H groups in total. The topological polar surface area (TPSA) is 57.6 Å². The van der Waals surface area contributed by atoms with Crippen molar-refractivity contribution in [2.45, 2.75) is 32.6 Å². The van der Waals surface area contributed by atoms with E-state index in [4.69, 9.17) is 5.11 Å². The number of amides is 1. The van der Waals surface area contributed by atoms with Gasteiger partial charge in [0.05, 0.1) is 11.8 Å². The highest BCUT2D eigenvalue weighted by atomic mass is 16.4. The van der Waals surface area contributed by atoms with E-state index in [0.29, 0.717) is 25.3 Å². The van der Waals surface area contributed by atoms with E-state index in [1.165, 1.54) is 0 Å². The third kappa shape index (κ3) is 3.59. The first-order valence-corrected chi connectivity index (χ1v) is 6.56. The summed E-state index contributed by atoms with van der Waals surface area (Å²) < 4.78 is 0. The van der Waals surface area contributed by atoms with Crippen LogP contribution in [0, 0.1) is 17.8 Å². The molecular weight excluding hydrogens is 230 g/mol. The van der Waals surface area contributed by atoms with Crippen LogP contribution in [0.5, 0.6) is 0 Å². The fourth-order valence-corrected chi connectivity index (χ4v) is 2.70. The Bertz CT molecular complexity index is 327. The normalized spacial score (nSPS) is 26.9. The number of carboxylic acids is 1. The molecule has 0 saturated heterocycles. The standard InChI is InChI=1S/C14H23NO3/c1-4-5-6-7-15(3)13(16)11-8-10(2)9-12(11)14(17)18/h4,10-12H,1,5-9H2,2-3H3,(H,17,18). The van der Waals surface area contributed by atoms with Gasteiger partial charge in [-0.3, -0.25) is 9.59 Å². The molecule has 0 spiro atoms. The summed E-state index contributed by atoms with van der Waals surface area (Å²) in [6.07, 6.45) is 4.90. The number of hydrogen-bond donors (Lipinski definition) is 1. The zero-order chi connectivity index (χ0) is 13.7. The van der Waals surface area contributed by atoms with E-state index >= 15 is 0 Å². The number of carbonyl (C=O) groups is 2. The molecule has 1 fully saturated rings. The molecule has 102 valence electrons. The van der Waals surface area contributed by atoms with Crippen molar-refractivity contribution in [3.63, 3.8) is 0 Å². The Labute approximate surface area is 109 Å². The predicted octanol–water partition coefficient (Wildman–Crippen LogP) is 2.16. The molecule has 4 heteroatoms. The molecule has 0 aromatic rings. The highest BCUT2D eigenvalue weighted by Gasteiger charge is 2.42. The van der Waals surface area contributed by atoms with Crippen LogP contribution in [0.1, 0.15) is 32.6 Å². The molecule has 1 amide bonds. The molecule has 0 bridgehead atoms. The highest BCUT2D eigenvalue weighted by Crippen LogP contribution is 2.37. The molecule has 1 rings (SSSR count). The van der Waals surface area contributed by atoms with E-state index in [-0.39, 0.29) is 11.8 Å². The van der Waals surface area contributed by atoms with Gasteiger partial charge in [-0.1, -0.05) is 13.0 Å². The molecular formula is C14H23NO3. The first-order valence-electron chi connectivity index (χ1n) is 6.56. The Morgan fingerprint density at radius 1 is 1.39 bits per heavy atom. The molecule has 0 heterocycles. The average molecular weight is 253 g/mol. The Morgan fingerprint density at radius 3 is 2.56 bits per heavy atom. The van der Waals surface area contributed by atoms with Crippen LogP contribution >= 0.6 is 0 Å². The average Bonchev–Trinajstić information content (AvgIpc) is 2.70. The van der Waals surface area contributed by atoms with E-state index in [1.54, 1.807) is 11.9 Å². The Morgan fingerprint density at radius 2 is 2.00 bits per heavy atom. The molecule has 0 aromatic carbocycles. The van der Waals surface area contributed by atoms with Gasteiger partial charge in [-0.05, 0) is 31.6 Å². The van der Waals surface area contributed by atoms with Crippen LogP contribution in [0.4, 0.5) is 0 Å². The molecule has 3 atom stereocenters. The number of allylic oxidation sites excluding steroid dienone is 1. The maximum Gasteiger partial charge on any atom is 0.307 e. The minimum atomic E-state index is -0.836. The summed E-state index contributed by atoms with van der Waals surface area (Å²) in [4.78, 5) is 25.1. The first kappa shape index (κ1) is 14.7. The lowest BCUT2D eigenvalue weighted by molar-refractivity contribution is -0.148. The maximum absolute atomic E-state index is 12.2. The van der Waals surface area contributed by atoms with Gasteiger partial charge in [0.15, 0.2) is 0 Å². The Balaban J connectivity index is 2.58. The van der Waals surface area contributed by atoms with Gasteiger partial charge in [-0.15, -0.1) is 6.58 Å². The van der Waals surface area contributed by atoms with Gasteiger partial charge in [0.1, 0.15) is 0 Å². The molecule has 4 nitrogen and oxygen atoms in total. The van der Waals surface area contributed by atoms with Crippen molar-refractivity contribution in [3.05, 3.63) is 12.7 Å². The van der Waals surface area contributed by atoms with Crippen molar-refractivity contribution in [1.82, 2.24) is 4.90 Å². The van der Waals surface area contributed by atoms with Crippen molar-refractivity contribution in [2.75, 3.05) is 13.6 Å². The van der Waals surface area contributed by atoms with Crippen LogP contribution in [0.3, 0.4) is 0 Å². The lowest BCUT2D eigenvalue weighted by Gasteiger charge is -2.23. The maximum atomic E-state index is 12.2. The molecule has 0 aromatic heterocycles. The van der Waals surface area contributed by atoms with Crippen LogP contribution in [-0.2, 0) is 9.59 Å². The van der Waals surface area contributed by atoms with E-state index in [0.717, 1.165) is 12.8 Å². The van der Waals surface area contributed by atoms with Crippen LogP contribution in [0.25, 0.3) is 0 Å². The Hall–Kier alpha value is -1.32. The van der Waals surface area contributed by atoms with Crippen molar-refractivity contribution >= 4 is 11.9 Å². The van der Waals surface area contributed by atoms with Gasteiger partial charge in [-0.25, -0.2) is 0 Å². The van der Waals surface area contributed by atoms with Gasteiger partial charge in [0, 0.05) is 13.6 Å². The molecule has 1 aliphatic carbocycles. The monoisotopic (exact) mass is 253 g/mol. The summed E-state index contributed by atoms with van der Waals surface area (Å²) in [5.74, 6) is -1.38. The zero-order valence-corrected chi connectivity index (χ0v) is 11.3. The number of aliphatic carboxylic acids is 1. The fraction of sp³-hybridized carbons (Fsp3) is 0.714. The van der Waals surface area contributed by atoms with E-state index in [9.17, 15) is 9.59 Å². The fourth-order valence-electron chi connectivity index (χ4n) is 2.70. The zero-order valence-electron chi connectivity index (χ0n) is 11.3. The largest absolute Gasteiger partial charge is 0.481 e. The number of unbranched alkanes of at least 4 members (excludes halogenated alkanes) is 1.